The second kappa shape index (κ2) is 6.87. The van der Waals surface area contributed by atoms with Crippen molar-refractivity contribution in [1.82, 2.24) is 4.98 Å². The lowest BCUT2D eigenvalue weighted by atomic mass is 10.2. The number of nitrogens with zero attached hydrogens (tertiary/aromatic N) is 1. The van der Waals surface area contributed by atoms with Crippen molar-refractivity contribution < 1.29 is 18.6 Å². The first-order valence-electron chi connectivity index (χ1n) is 5.93. The third kappa shape index (κ3) is 3.80. The third-order valence-corrected chi connectivity index (χ3v) is 2.87. The van der Waals surface area contributed by atoms with Crippen molar-refractivity contribution in [2.45, 2.75) is 25.6 Å². The Morgan fingerprint density at radius 1 is 1.44 bits per heavy atom. The number of ether oxygens (including phenoxy) is 3. The molecule has 1 fully saturated rings. The Morgan fingerprint density at radius 3 is 3.11 bits per heavy atom. The maximum absolute atomic E-state index is 13.4. The van der Waals surface area contributed by atoms with E-state index in [1.807, 2.05) is 0 Å². The van der Waals surface area contributed by atoms with Gasteiger partial charge in [-0.25, -0.2) is 4.98 Å². The van der Waals surface area contributed by atoms with Gasteiger partial charge in [0.1, 0.15) is 6.61 Å². The average Bonchev–Trinajstić information content (AvgIpc) is 2.40. The minimum Gasteiger partial charge on any atom is -0.473 e. The van der Waals surface area contributed by atoms with Crippen LogP contribution in [0.1, 0.15) is 19.3 Å². The van der Waals surface area contributed by atoms with Crippen molar-refractivity contribution in [2.75, 3.05) is 19.8 Å². The standard InChI is InChI=1S/C12H15ClFNO3/c13-9-4-5-15-12(11(9)14)18-8-7-17-10-3-1-2-6-16-10/h4-5,10H,1-3,6-8H2. The van der Waals surface area contributed by atoms with E-state index >= 15 is 0 Å². The summed E-state index contributed by atoms with van der Waals surface area (Å²) in [4.78, 5) is 3.75. The fourth-order valence-electron chi connectivity index (χ4n) is 1.66. The Labute approximate surface area is 110 Å². The molecule has 1 unspecified atom stereocenters. The number of hydrogen-bond donors (Lipinski definition) is 0. The molecule has 0 N–H and O–H groups in total. The van der Waals surface area contributed by atoms with Crippen LogP contribution in [0.4, 0.5) is 4.39 Å². The Morgan fingerprint density at radius 2 is 2.33 bits per heavy atom. The number of halogens is 2. The van der Waals surface area contributed by atoms with Crippen LogP contribution in [-0.4, -0.2) is 31.1 Å². The smallest absolute Gasteiger partial charge is 0.252 e. The number of aromatic nitrogens is 1. The van der Waals surface area contributed by atoms with E-state index in [0.29, 0.717) is 6.61 Å². The molecule has 4 nitrogen and oxygen atoms in total. The van der Waals surface area contributed by atoms with Crippen LogP contribution in [0.25, 0.3) is 0 Å². The molecular weight excluding hydrogens is 261 g/mol. The molecule has 0 aromatic carbocycles. The summed E-state index contributed by atoms with van der Waals surface area (Å²) in [5.74, 6) is -0.747. The van der Waals surface area contributed by atoms with Crippen molar-refractivity contribution in [2.24, 2.45) is 0 Å². The van der Waals surface area contributed by atoms with Gasteiger partial charge in [-0.05, 0) is 25.3 Å². The molecule has 0 radical (unpaired) electrons. The highest BCUT2D eigenvalue weighted by Gasteiger charge is 2.14. The van der Waals surface area contributed by atoms with Gasteiger partial charge < -0.3 is 14.2 Å². The molecule has 2 rings (SSSR count). The maximum Gasteiger partial charge on any atom is 0.252 e. The van der Waals surface area contributed by atoms with Crippen molar-refractivity contribution in [3.05, 3.63) is 23.1 Å². The third-order valence-electron chi connectivity index (χ3n) is 2.57. The molecule has 2 heterocycles. The lowest BCUT2D eigenvalue weighted by molar-refractivity contribution is -0.165. The molecule has 0 bridgehead atoms. The van der Waals surface area contributed by atoms with Gasteiger partial charge in [0, 0.05) is 12.8 Å². The van der Waals surface area contributed by atoms with Crippen molar-refractivity contribution in [3.8, 4) is 5.88 Å². The van der Waals surface area contributed by atoms with E-state index in [2.05, 4.69) is 4.98 Å². The molecule has 100 valence electrons. The summed E-state index contributed by atoms with van der Waals surface area (Å²) < 4.78 is 29.4. The van der Waals surface area contributed by atoms with Crippen LogP contribution < -0.4 is 4.74 Å². The molecule has 0 saturated carbocycles. The van der Waals surface area contributed by atoms with Crippen molar-refractivity contribution in [1.29, 1.82) is 0 Å². The van der Waals surface area contributed by atoms with Gasteiger partial charge in [0.25, 0.3) is 5.88 Å². The summed E-state index contributed by atoms with van der Waals surface area (Å²) in [6.45, 7) is 1.28. The van der Waals surface area contributed by atoms with Gasteiger partial charge in [-0.2, -0.15) is 4.39 Å². The van der Waals surface area contributed by atoms with Gasteiger partial charge in [0.05, 0.1) is 11.6 Å². The highest BCUT2D eigenvalue weighted by Crippen LogP contribution is 2.21. The first kappa shape index (κ1) is 13.5. The van der Waals surface area contributed by atoms with E-state index in [4.69, 9.17) is 25.8 Å². The second-order valence-corrected chi connectivity index (χ2v) is 4.33. The first-order chi connectivity index (χ1) is 8.77. The van der Waals surface area contributed by atoms with Crippen LogP contribution in [-0.2, 0) is 9.47 Å². The highest BCUT2D eigenvalue weighted by atomic mass is 35.5. The van der Waals surface area contributed by atoms with Crippen LogP contribution in [0.3, 0.4) is 0 Å². The number of rotatable bonds is 5. The summed E-state index contributed by atoms with van der Waals surface area (Å²) in [7, 11) is 0. The summed E-state index contributed by atoms with van der Waals surface area (Å²) in [6.07, 6.45) is 4.30. The molecular formula is C12H15ClFNO3. The zero-order valence-corrected chi connectivity index (χ0v) is 10.7. The number of hydrogen-bond acceptors (Lipinski definition) is 4. The van der Waals surface area contributed by atoms with Gasteiger partial charge in [0.2, 0.25) is 5.82 Å². The summed E-state index contributed by atoms with van der Waals surface area (Å²) in [6, 6.07) is 1.37. The Bertz CT molecular complexity index is 386. The van der Waals surface area contributed by atoms with Crippen LogP contribution in [0, 0.1) is 5.82 Å². The monoisotopic (exact) mass is 275 g/mol. The van der Waals surface area contributed by atoms with E-state index < -0.39 is 5.82 Å². The van der Waals surface area contributed by atoms with Crippen LogP contribution in [0.5, 0.6) is 5.88 Å². The quantitative estimate of drug-likeness (QED) is 0.775. The molecule has 1 aromatic heterocycles. The first-order valence-corrected chi connectivity index (χ1v) is 6.31. The van der Waals surface area contributed by atoms with E-state index in [0.717, 1.165) is 25.9 Å². The summed E-state index contributed by atoms with van der Waals surface area (Å²) >= 11 is 5.60. The predicted octanol–water partition coefficient (Wildman–Crippen LogP) is 2.80. The van der Waals surface area contributed by atoms with E-state index in [1.54, 1.807) is 0 Å². The summed E-state index contributed by atoms with van der Waals surface area (Å²) in [5.41, 5.74) is 0. The Hall–Kier alpha value is -0.910. The molecule has 0 spiro atoms. The van der Waals surface area contributed by atoms with E-state index in [-0.39, 0.29) is 23.8 Å². The fraction of sp³-hybridized carbons (Fsp3) is 0.583. The van der Waals surface area contributed by atoms with Crippen LogP contribution in [0.2, 0.25) is 5.02 Å². The molecule has 1 saturated heterocycles. The predicted molar refractivity (Wildman–Crippen MR) is 64.2 cm³/mol. The van der Waals surface area contributed by atoms with Gasteiger partial charge in [-0.15, -0.1) is 0 Å². The highest BCUT2D eigenvalue weighted by molar-refractivity contribution is 6.30. The molecule has 1 aliphatic heterocycles. The van der Waals surface area contributed by atoms with Crippen LogP contribution >= 0.6 is 11.6 Å². The van der Waals surface area contributed by atoms with Crippen molar-refractivity contribution in [3.63, 3.8) is 0 Å². The zero-order valence-electron chi connectivity index (χ0n) is 9.90. The van der Waals surface area contributed by atoms with E-state index in [9.17, 15) is 4.39 Å². The summed E-state index contributed by atoms with van der Waals surface area (Å²) in [5, 5.41) is -0.00321. The Balaban J connectivity index is 1.70. The maximum atomic E-state index is 13.4. The molecule has 1 aliphatic rings. The second-order valence-electron chi connectivity index (χ2n) is 3.93. The lowest BCUT2D eigenvalue weighted by Gasteiger charge is -2.22. The molecule has 0 aliphatic carbocycles. The minimum atomic E-state index is -0.645. The van der Waals surface area contributed by atoms with Crippen LogP contribution in [0.15, 0.2) is 12.3 Å². The van der Waals surface area contributed by atoms with Crippen molar-refractivity contribution >= 4 is 11.6 Å². The van der Waals surface area contributed by atoms with Gasteiger partial charge in [0.15, 0.2) is 6.29 Å². The number of pyridine rings is 1. The van der Waals surface area contributed by atoms with Gasteiger partial charge in [-0.3, -0.25) is 0 Å². The lowest BCUT2D eigenvalue weighted by Crippen LogP contribution is -2.24. The Kier molecular flexibility index (Phi) is 5.16. The molecule has 1 atom stereocenters. The average molecular weight is 276 g/mol. The molecule has 18 heavy (non-hydrogen) atoms. The van der Waals surface area contributed by atoms with Gasteiger partial charge in [-0.1, -0.05) is 11.6 Å². The topological polar surface area (TPSA) is 40.6 Å². The molecule has 6 heteroatoms. The normalized spacial score (nSPS) is 19.8. The molecule has 1 aromatic rings. The van der Waals surface area contributed by atoms with E-state index in [1.165, 1.54) is 12.3 Å². The zero-order chi connectivity index (χ0) is 12.8. The minimum absolute atomic E-state index is 0.00321. The largest absolute Gasteiger partial charge is 0.473 e. The van der Waals surface area contributed by atoms with Gasteiger partial charge >= 0.3 is 0 Å². The fourth-order valence-corrected chi connectivity index (χ4v) is 1.80. The SMILES string of the molecule is Fc1c(Cl)ccnc1OCCOC1CCCCO1. The molecule has 0 amide bonds.